The summed E-state index contributed by atoms with van der Waals surface area (Å²) in [5.74, 6) is 0.651. The van der Waals surface area contributed by atoms with Gasteiger partial charge in [-0.3, -0.25) is 4.79 Å². The summed E-state index contributed by atoms with van der Waals surface area (Å²) >= 11 is 11.7. The summed E-state index contributed by atoms with van der Waals surface area (Å²) < 4.78 is 0. The van der Waals surface area contributed by atoms with Crippen LogP contribution in [0.3, 0.4) is 0 Å². The Morgan fingerprint density at radius 3 is 1.45 bits per heavy atom. The summed E-state index contributed by atoms with van der Waals surface area (Å²) in [6.45, 7) is 0. The first kappa shape index (κ1) is 23.8. The van der Waals surface area contributed by atoms with E-state index in [0.29, 0.717) is 17.8 Å². The molecule has 0 aliphatic heterocycles. The van der Waals surface area contributed by atoms with Gasteiger partial charge < -0.3 is 9.90 Å². The Morgan fingerprint density at radius 1 is 0.710 bits per heavy atom. The zero-order valence-electron chi connectivity index (χ0n) is 17.7. The summed E-state index contributed by atoms with van der Waals surface area (Å²) in [5, 5.41) is 10.5. The van der Waals surface area contributed by atoms with Gasteiger partial charge in [0.2, 0.25) is 0 Å². The van der Waals surface area contributed by atoms with Gasteiger partial charge >= 0.3 is 5.97 Å². The molecule has 0 heterocycles. The second kappa shape index (κ2) is 11.7. The van der Waals surface area contributed by atoms with Crippen LogP contribution in [0.2, 0.25) is 10.0 Å². The van der Waals surface area contributed by atoms with Gasteiger partial charge in [0.15, 0.2) is 0 Å². The van der Waals surface area contributed by atoms with Gasteiger partial charge in [-0.25, -0.2) is 0 Å². The van der Waals surface area contributed by atoms with E-state index in [1.54, 1.807) is 0 Å². The molecule has 2 aromatic rings. The molecule has 2 aliphatic carbocycles. The maximum absolute atomic E-state index is 10.8. The number of carboxylic acid groups (broad SMARTS) is 1. The summed E-state index contributed by atoms with van der Waals surface area (Å²) in [6.07, 6.45) is 8.98. The van der Waals surface area contributed by atoms with Crippen molar-refractivity contribution >= 4 is 35.5 Å². The van der Waals surface area contributed by atoms with Crippen LogP contribution in [-0.4, -0.2) is 17.4 Å². The molecule has 3 nitrogen and oxygen atoms in total. The minimum Gasteiger partial charge on any atom is -0.481 e. The third kappa shape index (κ3) is 7.08. The largest absolute Gasteiger partial charge is 0.481 e. The first-order chi connectivity index (χ1) is 15.0. The number of carbonyl (C=O) groups excluding carboxylic acids is 1. The predicted molar refractivity (Wildman–Crippen MR) is 126 cm³/mol. The number of aliphatic carboxylic acids is 1. The van der Waals surface area contributed by atoms with Crippen LogP contribution in [0.5, 0.6) is 0 Å². The summed E-state index contributed by atoms with van der Waals surface area (Å²) in [7, 11) is 0. The Morgan fingerprint density at radius 2 is 1.10 bits per heavy atom. The van der Waals surface area contributed by atoms with Crippen LogP contribution < -0.4 is 0 Å². The van der Waals surface area contributed by atoms with E-state index < -0.39 is 5.97 Å². The molecule has 2 saturated carbocycles. The fourth-order valence-corrected chi connectivity index (χ4v) is 4.98. The zero-order valence-corrected chi connectivity index (χ0v) is 19.2. The molecule has 0 spiro atoms. The zero-order chi connectivity index (χ0) is 22.2. The number of halogens is 2. The van der Waals surface area contributed by atoms with Gasteiger partial charge in [0.05, 0.1) is 5.92 Å². The van der Waals surface area contributed by atoms with Crippen LogP contribution in [0.4, 0.5) is 0 Å². The fraction of sp³-hybridized carbons (Fsp3) is 0.462. The number of carboxylic acids is 1. The molecule has 0 bridgehead atoms. The van der Waals surface area contributed by atoms with Gasteiger partial charge in [0, 0.05) is 16.0 Å². The molecule has 0 unspecified atom stereocenters. The molecule has 0 saturated heterocycles. The molecular formula is C26H30Cl2O3. The van der Waals surface area contributed by atoms with E-state index in [0.717, 1.165) is 67.7 Å². The molecule has 0 radical (unpaired) electrons. The van der Waals surface area contributed by atoms with Crippen molar-refractivity contribution in [3.05, 3.63) is 69.7 Å². The van der Waals surface area contributed by atoms with Gasteiger partial charge in [-0.1, -0.05) is 47.5 Å². The maximum Gasteiger partial charge on any atom is 0.306 e. The van der Waals surface area contributed by atoms with Gasteiger partial charge in [-0.15, -0.1) is 0 Å². The van der Waals surface area contributed by atoms with Crippen molar-refractivity contribution in [3.8, 4) is 0 Å². The normalized spacial score (nSPS) is 25.7. The summed E-state index contributed by atoms with van der Waals surface area (Å²) in [4.78, 5) is 21.5. The quantitative estimate of drug-likeness (QED) is 0.480. The Bertz CT molecular complexity index is 832. The van der Waals surface area contributed by atoms with E-state index in [1.165, 1.54) is 11.1 Å². The maximum atomic E-state index is 10.8. The Balaban J connectivity index is 0.000000176. The first-order valence-corrected chi connectivity index (χ1v) is 11.9. The van der Waals surface area contributed by atoms with Crippen molar-refractivity contribution in [2.24, 2.45) is 11.8 Å². The predicted octanol–water partition coefficient (Wildman–Crippen LogP) is 7.51. The molecule has 31 heavy (non-hydrogen) atoms. The number of benzene rings is 2. The molecular weight excluding hydrogens is 431 g/mol. The smallest absolute Gasteiger partial charge is 0.306 e. The Labute approximate surface area is 194 Å². The Kier molecular flexibility index (Phi) is 8.98. The lowest BCUT2D eigenvalue weighted by atomic mass is 9.79. The van der Waals surface area contributed by atoms with Crippen molar-refractivity contribution in [2.45, 2.75) is 63.2 Å². The Hall–Kier alpha value is -1.84. The average molecular weight is 461 g/mol. The SMILES string of the molecule is O=C(O)C1CCC(c2ccc(Cl)cc2)CC1.O=CC1CCC(c2ccc(Cl)cc2)CC1. The van der Waals surface area contributed by atoms with Crippen LogP contribution in [0.15, 0.2) is 48.5 Å². The fourth-order valence-electron chi connectivity index (χ4n) is 4.73. The minimum atomic E-state index is -0.644. The van der Waals surface area contributed by atoms with E-state index in [1.807, 2.05) is 36.4 Å². The lowest BCUT2D eigenvalue weighted by Gasteiger charge is -2.26. The second-order valence-corrected chi connectivity index (χ2v) is 9.61. The molecule has 0 amide bonds. The lowest BCUT2D eigenvalue weighted by Crippen LogP contribution is -2.20. The van der Waals surface area contributed by atoms with Gasteiger partial charge in [-0.2, -0.15) is 0 Å². The van der Waals surface area contributed by atoms with Crippen molar-refractivity contribution in [2.75, 3.05) is 0 Å². The lowest BCUT2D eigenvalue weighted by molar-refractivity contribution is -0.142. The van der Waals surface area contributed by atoms with E-state index in [4.69, 9.17) is 28.3 Å². The van der Waals surface area contributed by atoms with Crippen molar-refractivity contribution < 1.29 is 14.7 Å². The van der Waals surface area contributed by atoms with E-state index >= 15 is 0 Å². The molecule has 2 aliphatic rings. The molecule has 5 heteroatoms. The highest BCUT2D eigenvalue weighted by Gasteiger charge is 2.26. The van der Waals surface area contributed by atoms with Crippen molar-refractivity contribution in [1.29, 1.82) is 0 Å². The van der Waals surface area contributed by atoms with Gasteiger partial charge in [0.1, 0.15) is 6.29 Å². The summed E-state index contributed by atoms with van der Waals surface area (Å²) in [5.41, 5.74) is 2.65. The number of aldehydes is 1. The monoisotopic (exact) mass is 460 g/mol. The van der Waals surface area contributed by atoms with E-state index in [2.05, 4.69) is 12.1 Å². The van der Waals surface area contributed by atoms with Gasteiger partial charge in [-0.05, 0) is 98.6 Å². The highest BCUT2D eigenvalue weighted by Crippen LogP contribution is 2.36. The highest BCUT2D eigenvalue weighted by atomic mass is 35.5. The van der Waals surface area contributed by atoms with Crippen LogP contribution in [-0.2, 0) is 9.59 Å². The summed E-state index contributed by atoms with van der Waals surface area (Å²) in [6, 6.07) is 16.0. The first-order valence-electron chi connectivity index (χ1n) is 11.1. The molecule has 2 aromatic carbocycles. The topological polar surface area (TPSA) is 54.4 Å². The minimum absolute atomic E-state index is 0.136. The molecule has 1 N–H and O–H groups in total. The number of carbonyl (C=O) groups is 2. The standard InChI is InChI=1S/C13H15ClO2.C13H15ClO/c14-12-7-5-10(6-8-12)9-1-3-11(4-2-9)13(15)16;14-13-7-5-12(6-8-13)11-3-1-10(9-15)2-4-11/h5-9,11H,1-4H2,(H,15,16);5-11H,1-4H2. The molecule has 4 rings (SSSR count). The van der Waals surface area contributed by atoms with Crippen molar-refractivity contribution in [1.82, 2.24) is 0 Å². The number of rotatable bonds is 4. The molecule has 0 aromatic heterocycles. The average Bonchev–Trinajstić information content (AvgIpc) is 2.81. The highest BCUT2D eigenvalue weighted by molar-refractivity contribution is 6.30. The molecule has 2 fully saturated rings. The number of hydrogen-bond acceptors (Lipinski definition) is 2. The number of hydrogen-bond donors (Lipinski definition) is 1. The molecule has 166 valence electrons. The van der Waals surface area contributed by atoms with Crippen LogP contribution in [0, 0.1) is 11.8 Å². The van der Waals surface area contributed by atoms with Gasteiger partial charge in [0.25, 0.3) is 0 Å². The second-order valence-electron chi connectivity index (χ2n) is 8.74. The van der Waals surface area contributed by atoms with E-state index in [9.17, 15) is 9.59 Å². The third-order valence-electron chi connectivity index (χ3n) is 6.72. The van der Waals surface area contributed by atoms with Crippen LogP contribution >= 0.6 is 23.2 Å². The third-order valence-corrected chi connectivity index (χ3v) is 7.23. The van der Waals surface area contributed by atoms with Crippen molar-refractivity contribution in [3.63, 3.8) is 0 Å². The van der Waals surface area contributed by atoms with Crippen LogP contribution in [0.25, 0.3) is 0 Å². The van der Waals surface area contributed by atoms with E-state index in [-0.39, 0.29) is 5.92 Å². The molecule has 0 atom stereocenters. The van der Waals surface area contributed by atoms with Crippen LogP contribution in [0.1, 0.15) is 74.3 Å².